The second kappa shape index (κ2) is 5.59. The van der Waals surface area contributed by atoms with E-state index >= 15 is 0 Å². The average molecular weight is 266 g/mol. The molecule has 0 saturated carbocycles. The third-order valence-corrected chi connectivity index (χ3v) is 3.78. The molecule has 1 aromatic carbocycles. The SMILES string of the molecule is Cc1cc(SCc2ccco2)c(C(C)O)cc1F. The van der Waals surface area contributed by atoms with Crippen LogP contribution in [0.25, 0.3) is 0 Å². The van der Waals surface area contributed by atoms with E-state index in [-0.39, 0.29) is 5.82 Å². The van der Waals surface area contributed by atoms with Crippen molar-refractivity contribution in [1.29, 1.82) is 0 Å². The van der Waals surface area contributed by atoms with Gasteiger partial charge in [-0.15, -0.1) is 11.8 Å². The van der Waals surface area contributed by atoms with Crippen molar-refractivity contribution in [1.82, 2.24) is 0 Å². The first-order valence-electron chi connectivity index (χ1n) is 5.71. The highest BCUT2D eigenvalue weighted by atomic mass is 32.2. The molecule has 1 unspecified atom stereocenters. The van der Waals surface area contributed by atoms with Gasteiger partial charge in [-0.1, -0.05) is 0 Å². The number of hydrogen-bond donors (Lipinski definition) is 1. The molecule has 0 aliphatic rings. The number of halogens is 1. The topological polar surface area (TPSA) is 33.4 Å². The lowest BCUT2D eigenvalue weighted by molar-refractivity contribution is 0.196. The van der Waals surface area contributed by atoms with Crippen LogP contribution in [0.3, 0.4) is 0 Å². The molecule has 0 bridgehead atoms. The van der Waals surface area contributed by atoms with E-state index in [9.17, 15) is 9.50 Å². The van der Waals surface area contributed by atoms with Gasteiger partial charge >= 0.3 is 0 Å². The minimum Gasteiger partial charge on any atom is -0.468 e. The zero-order valence-electron chi connectivity index (χ0n) is 10.3. The Hall–Kier alpha value is -1.26. The van der Waals surface area contributed by atoms with Crippen LogP contribution in [0.1, 0.15) is 29.9 Å². The predicted molar refractivity (Wildman–Crippen MR) is 70.0 cm³/mol. The van der Waals surface area contributed by atoms with Crippen molar-refractivity contribution >= 4 is 11.8 Å². The van der Waals surface area contributed by atoms with Crippen molar-refractivity contribution in [3.05, 3.63) is 53.2 Å². The maximum absolute atomic E-state index is 13.5. The normalized spacial score (nSPS) is 12.7. The van der Waals surface area contributed by atoms with Crippen LogP contribution in [0, 0.1) is 12.7 Å². The first kappa shape index (κ1) is 13.2. The monoisotopic (exact) mass is 266 g/mol. The summed E-state index contributed by atoms with van der Waals surface area (Å²) in [5, 5.41) is 9.67. The summed E-state index contributed by atoms with van der Waals surface area (Å²) in [4.78, 5) is 0.889. The van der Waals surface area contributed by atoms with Gasteiger partial charge in [-0.3, -0.25) is 0 Å². The van der Waals surface area contributed by atoms with Crippen molar-refractivity contribution in [2.24, 2.45) is 0 Å². The molecule has 0 amide bonds. The van der Waals surface area contributed by atoms with E-state index in [1.165, 1.54) is 17.8 Å². The number of furan rings is 1. The van der Waals surface area contributed by atoms with E-state index in [0.29, 0.717) is 16.9 Å². The summed E-state index contributed by atoms with van der Waals surface area (Å²) in [6.07, 6.45) is 0.945. The molecule has 2 rings (SSSR count). The molecule has 0 fully saturated rings. The molecule has 1 N–H and O–H groups in total. The summed E-state index contributed by atoms with van der Waals surface area (Å²) in [6.45, 7) is 3.36. The van der Waals surface area contributed by atoms with Crippen LogP contribution in [-0.4, -0.2) is 5.11 Å². The van der Waals surface area contributed by atoms with Gasteiger partial charge in [-0.05, 0) is 49.2 Å². The minimum absolute atomic E-state index is 0.284. The van der Waals surface area contributed by atoms with Crippen molar-refractivity contribution < 1.29 is 13.9 Å². The van der Waals surface area contributed by atoms with E-state index in [0.717, 1.165) is 10.7 Å². The first-order chi connectivity index (χ1) is 8.58. The third kappa shape index (κ3) is 2.94. The van der Waals surface area contributed by atoms with E-state index in [1.807, 2.05) is 12.1 Å². The highest BCUT2D eigenvalue weighted by Crippen LogP contribution is 2.32. The molecule has 1 heterocycles. The molecular formula is C14H15FO2S. The Bertz CT molecular complexity index is 521. The Labute approximate surface area is 110 Å². The third-order valence-electron chi connectivity index (χ3n) is 2.69. The van der Waals surface area contributed by atoms with Gasteiger partial charge < -0.3 is 9.52 Å². The van der Waals surface area contributed by atoms with Gasteiger partial charge in [0.05, 0.1) is 18.1 Å². The van der Waals surface area contributed by atoms with Gasteiger partial charge in [0.2, 0.25) is 0 Å². The molecule has 0 aliphatic heterocycles. The fourth-order valence-corrected chi connectivity index (χ4v) is 2.78. The molecular weight excluding hydrogens is 251 g/mol. The second-order valence-electron chi connectivity index (χ2n) is 4.18. The van der Waals surface area contributed by atoms with Gasteiger partial charge in [0.25, 0.3) is 0 Å². The summed E-state index contributed by atoms with van der Waals surface area (Å²) in [6, 6.07) is 6.91. The number of hydrogen-bond acceptors (Lipinski definition) is 3. The van der Waals surface area contributed by atoms with Crippen LogP contribution in [0.2, 0.25) is 0 Å². The van der Waals surface area contributed by atoms with Gasteiger partial charge in [-0.2, -0.15) is 0 Å². The smallest absolute Gasteiger partial charge is 0.126 e. The van der Waals surface area contributed by atoms with Crippen LogP contribution in [0.4, 0.5) is 4.39 Å². The van der Waals surface area contributed by atoms with Crippen LogP contribution in [-0.2, 0) is 5.75 Å². The van der Waals surface area contributed by atoms with Crippen molar-refractivity contribution in [3.63, 3.8) is 0 Å². The highest BCUT2D eigenvalue weighted by molar-refractivity contribution is 7.98. The van der Waals surface area contributed by atoms with Gasteiger partial charge in [-0.25, -0.2) is 4.39 Å². The molecule has 2 nitrogen and oxygen atoms in total. The fraction of sp³-hybridized carbons (Fsp3) is 0.286. The summed E-state index contributed by atoms with van der Waals surface area (Å²) in [7, 11) is 0. The molecule has 0 aliphatic carbocycles. The zero-order valence-corrected chi connectivity index (χ0v) is 11.1. The number of aliphatic hydroxyl groups is 1. The van der Waals surface area contributed by atoms with Crippen LogP contribution < -0.4 is 0 Å². The molecule has 4 heteroatoms. The molecule has 0 radical (unpaired) electrons. The van der Waals surface area contributed by atoms with Gasteiger partial charge in [0, 0.05) is 4.90 Å². The molecule has 0 spiro atoms. The first-order valence-corrected chi connectivity index (χ1v) is 6.70. The summed E-state index contributed by atoms with van der Waals surface area (Å²) < 4.78 is 18.7. The Morgan fingerprint density at radius 1 is 1.44 bits per heavy atom. The number of aryl methyl sites for hydroxylation is 1. The van der Waals surface area contributed by atoms with Gasteiger partial charge in [0.15, 0.2) is 0 Å². The van der Waals surface area contributed by atoms with E-state index in [4.69, 9.17) is 4.42 Å². The van der Waals surface area contributed by atoms with E-state index in [2.05, 4.69) is 0 Å². The maximum atomic E-state index is 13.5. The largest absolute Gasteiger partial charge is 0.468 e. The van der Waals surface area contributed by atoms with Crippen LogP contribution >= 0.6 is 11.8 Å². The lowest BCUT2D eigenvalue weighted by atomic mass is 10.1. The highest BCUT2D eigenvalue weighted by Gasteiger charge is 2.12. The molecule has 1 aromatic heterocycles. The Morgan fingerprint density at radius 3 is 2.83 bits per heavy atom. The summed E-state index contributed by atoms with van der Waals surface area (Å²) >= 11 is 1.54. The maximum Gasteiger partial charge on any atom is 0.126 e. The van der Waals surface area contributed by atoms with E-state index in [1.54, 1.807) is 26.2 Å². The summed E-state index contributed by atoms with van der Waals surface area (Å²) in [5.41, 5.74) is 1.20. The van der Waals surface area contributed by atoms with Crippen molar-refractivity contribution in [3.8, 4) is 0 Å². The van der Waals surface area contributed by atoms with Crippen LogP contribution in [0.15, 0.2) is 39.8 Å². The molecule has 1 atom stereocenters. The molecule has 0 saturated heterocycles. The standard InChI is InChI=1S/C14H15FO2S/c1-9-6-14(12(10(2)16)7-13(9)15)18-8-11-4-3-5-17-11/h3-7,10,16H,8H2,1-2H3. The average Bonchev–Trinajstić information content (AvgIpc) is 2.83. The lowest BCUT2D eigenvalue weighted by Crippen LogP contribution is -1.97. The summed E-state index contributed by atoms with van der Waals surface area (Å²) in [5.74, 6) is 1.24. The van der Waals surface area contributed by atoms with E-state index < -0.39 is 6.10 Å². The minimum atomic E-state index is -0.681. The van der Waals surface area contributed by atoms with Crippen molar-refractivity contribution in [2.75, 3.05) is 0 Å². The second-order valence-corrected chi connectivity index (χ2v) is 5.20. The predicted octanol–water partition coefficient (Wildman–Crippen LogP) is 4.07. The van der Waals surface area contributed by atoms with Crippen molar-refractivity contribution in [2.45, 2.75) is 30.6 Å². The number of benzene rings is 1. The van der Waals surface area contributed by atoms with Crippen LogP contribution in [0.5, 0.6) is 0 Å². The number of aliphatic hydroxyl groups excluding tert-OH is 1. The number of thioether (sulfide) groups is 1. The number of rotatable bonds is 4. The van der Waals surface area contributed by atoms with Gasteiger partial charge in [0.1, 0.15) is 11.6 Å². The lowest BCUT2D eigenvalue weighted by Gasteiger charge is -2.13. The molecule has 18 heavy (non-hydrogen) atoms. The Kier molecular flexibility index (Phi) is 4.09. The Balaban J connectivity index is 2.23. The quantitative estimate of drug-likeness (QED) is 0.847. The molecule has 2 aromatic rings. The molecule has 96 valence electrons. The fourth-order valence-electron chi connectivity index (χ4n) is 1.67. The zero-order chi connectivity index (χ0) is 13.1. The Morgan fingerprint density at radius 2 is 2.22 bits per heavy atom.